The highest BCUT2D eigenvalue weighted by Crippen LogP contribution is 2.32. The molecule has 1 aromatic carbocycles. The van der Waals surface area contributed by atoms with Gasteiger partial charge in [-0.2, -0.15) is 0 Å². The number of hydrogen-bond acceptors (Lipinski definition) is 7. The normalized spacial score (nSPS) is 20.3. The van der Waals surface area contributed by atoms with E-state index in [4.69, 9.17) is 14.2 Å². The second kappa shape index (κ2) is 6.91. The van der Waals surface area contributed by atoms with Crippen LogP contribution in [0, 0.1) is 0 Å². The Bertz CT molecular complexity index is 790. The number of hydrogen-bond donors (Lipinski definition) is 0. The van der Waals surface area contributed by atoms with Crippen molar-refractivity contribution >= 4 is 21.7 Å². The molecular weight excluding hydrogens is 350 g/mol. The molecule has 3 rings (SSSR count). The zero-order valence-corrected chi connectivity index (χ0v) is 14.6. The van der Waals surface area contributed by atoms with Gasteiger partial charge in [-0.1, -0.05) is 0 Å². The molecule has 2 heterocycles. The van der Waals surface area contributed by atoms with Crippen molar-refractivity contribution in [1.82, 2.24) is 4.90 Å². The Hall–Kier alpha value is -2.29. The molecule has 1 saturated heterocycles. The van der Waals surface area contributed by atoms with Crippen LogP contribution in [-0.2, 0) is 19.4 Å². The molecule has 8 nitrogen and oxygen atoms in total. The molecule has 136 valence electrons. The van der Waals surface area contributed by atoms with Gasteiger partial charge in [0.15, 0.2) is 27.9 Å². The number of benzene rings is 1. The largest absolute Gasteiger partial charge is 0.454 e. The maximum Gasteiger partial charge on any atom is 0.338 e. The lowest BCUT2D eigenvalue weighted by Gasteiger charge is -2.26. The van der Waals surface area contributed by atoms with Crippen molar-refractivity contribution in [2.75, 3.05) is 31.5 Å². The number of fused-ring (bicyclic) bond motifs is 1. The SMILES string of the molecule is CCN(C(=O)COC(=O)c1ccc2c(c1)OCO2)[C@H]1CCS(=O)(=O)C1. The summed E-state index contributed by atoms with van der Waals surface area (Å²) >= 11 is 0. The highest BCUT2D eigenvalue weighted by atomic mass is 32.2. The van der Waals surface area contributed by atoms with Crippen LogP contribution in [0.15, 0.2) is 18.2 Å². The molecule has 2 aliphatic heterocycles. The molecule has 0 saturated carbocycles. The molecular formula is C16H19NO7S. The van der Waals surface area contributed by atoms with Crippen molar-refractivity contribution in [3.05, 3.63) is 23.8 Å². The average Bonchev–Trinajstić information content (AvgIpc) is 3.18. The second-order valence-corrected chi connectivity index (χ2v) is 8.11. The number of likely N-dealkylation sites (N-methyl/N-ethyl adjacent to an activating group) is 1. The van der Waals surface area contributed by atoms with Gasteiger partial charge >= 0.3 is 5.97 Å². The molecule has 1 fully saturated rings. The standard InChI is InChI=1S/C16H19NO7S/c1-2-17(12-5-6-25(20,21)9-12)15(18)8-22-16(19)11-3-4-13-14(7-11)24-10-23-13/h3-4,7,12H,2,5-6,8-10H2,1H3/t12-/m0/s1. The average molecular weight is 369 g/mol. The molecule has 0 aliphatic carbocycles. The summed E-state index contributed by atoms with van der Waals surface area (Å²) in [5, 5.41) is 0. The van der Waals surface area contributed by atoms with Crippen molar-refractivity contribution in [2.45, 2.75) is 19.4 Å². The van der Waals surface area contributed by atoms with Crippen LogP contribution in [0.2, 0.25) is 0 Å². The fourth-order valence-electron chi connectivity index (χ4n) is 2.98. The molecule has 0 spiro atoms. The summed E-state index contributed by atoms with van der Waals surface area (Å²) in [6.07, 6.45) is 0.415. The first-order chi connectivity index (χ1) is 11.9. The number of carbonyl (C=O) groups is 2. The number of rotatable bonds is 5. The van der Waals surface area contributed by atoms with Crippen LogP contribution in [0.1, 0.15) is 23.7 Å². The predicted octanol–water partition coefficient (Wildman–Crippen LogP) is 0.608. The van der Waals surface area contributed by atoms with Gasteiger partial charge in [-0.25, -0.2) is 13.2 Å². The second-order valence-electron chi connectivity index (χ2n) is 5.88. The molecule has 1 aromatic rings. The number of amides is 1. The molecule has 0 N–H and O–H groups in total. The van der Waals surface area contributed by atoms with Gasteiger partial charge in [0.2, 0.25) is 6.79 Å². The highest BCUT2D eigenvalue weighted by Gasteiger charge is 2.34. The van der Waals surface area contributed by atoms with Crippen molar-refractivity contribution in [1.29, 1.82) is 0 Å². The van der Waals surface area contributed by atoms with E-state index >= 15 is 0 Å². The minimum atomic E-state index is -3.09. The van der Waals surface area contributed by atoms with Crippen molar-refractivity contribution in [2.24, 2.45) is 0 Å². The van der Waals surface area contributed by atoms with Crippen LogP contribution in [0.5, 0.6) is 11.5 Å². The third kappa shape index (κ3) is 3.87. The molecule has 0 unspecified atom stereocenters. The monoisotopic (exact) mass is 369 g/mol. The van der Waals surface area contributed by atoms with Crippen LogP contribution in [0.4, 0.5) is 0 Å². The fraction of sp³-hybridized carbons (Fsp3) is 0.500. The first-order valence-electron chi connectivity index (χ1n) is 7.96. The van der Waals surface area contributed by atoms with E-state index in [1.165, 1.54) is 17.0 Å². The molecule has 25 heavy (non-hydrogen) atoms. The minimum absolute atomic E-state index is 0.0390. The van der Waals surface area contributed by atoms with Crippen molar-refractivity contribution in [3.63, 3.8) is 0 Å². The summed E-state index contributed by atoms with van der Waals surface area (Å²) in [5.74, 6) is -0.0130. The number of ether oxygens (including phenoxy) is 3. The van der Waals surface area contributed by atoms with Gasteiger partial charge in [-0.05, 0) is 31.5 Å². The Kier molecular flexibility index (Phi) is 4.85. The van der Waals surface area contributed by atoms with Crippen molar-refractivity contribution < 1.29 is 32.2 Å². The van der Waals surface area contributed by atoms with Crippen LogP contribution in [0.25, 0.3) is 0 Å². The van der Waals surface area contributed by atoms with E-state index in [0.29, 0.717) is 24.5 Å². The number of esters is 1. The molecule has 9 heteroatoms. The third-order valence-corrected chi connectivity index (χ3v) is 6.00. The lowest BCUT2D eigenvalue weighted by molar-refractivity contribution is -0.136. The van der Waals surface area contributed by atoms with Gasteiger partial charge in [0.25, 0.3) is 5.91 Å². The minimum Gasteiger partial charge on any atom is -0.454 e. The van der Waals surface area contributed by atoms with Gasteiger partial charge in [0, 0.05) is 12.6 Å². The molecule has 0 radical (unpaired) electrons. The summed E-state index contributed by atoms with van der Waals surface area (Å²) < 4.78 is 38.6. The van der Waals surface area contributed by atoms with E-state index in [1.54, 1.807) is 13.0 Å². The van der Waals surface area contributed by atoms with Crippen LogP contribution in [-0.4, -0.2) is 62.7 Å². The van der Waals surface area contributed by atoms with E-state index in [2.05, 4.69) is 0 Å². The first-order valence-corrected chi connectivity index (χ1v) is 9.78. The number of nitrogens with zero attached hydrogens (tertiary/aromatic N) is 1. The summed E-state index contributed by atoms with van der Waals surface area (Å²) in [5.41, 5.74) is 0.253. The predicted molar refractivity (Wildman–Crippen MR) is 87.3 cm³/mol. The van der Waals surface area contributed by atoms with E-state index in [0.717, 1.165) is 0 Å². The maximum atomic E-state index is 12.3. The number of carbonyl (C=O) groups excluding carboxylic acids is 2. The van der Waals surface area contributed by atoms with Gasteiger partial charge < -0.3 is 19.1 Å². The Labute approximate surface area is 145 Å². The summed E-state index contributed by atoms with van der Waals surface area (Å²) in [6, 6.07) is 4.27. The Morgan fingerprint density at radius 3 is 2.72 bits per heavy atom. The zero-order chi connectivity index (χ0) is 18.0. The van der Waals surface area contributed by atoms with Gasteiger partial charge in [-0.3, -0.25) is 4.79 Å². The lowest BCUT2D eigenvalue weighted by atomic mass is 10.2. The topological polar surface area (TPSA) is 99.2 Å². The third-order valence-electron chi connectivity index (χ3n) is 4.25. The Morgan fingerprint density at radius 1 is 1.28 bits per heavy atom. The van der Waals surface area contributed by atoms with E-state index < -0.39 is 28.3 Å². The molecule has 1 amide bonds. The molecule has 1 atom stereocenters. The van der Waals surface area contributed by atoms with Gasteiger partial charge in [0.05, 0.1) is 17.1 Å². The zero-order valence-electron chi connectivity index (χ0n) is 13.8. The first kappa shape index (κ1) is 17.5. The summed E-state index contributed by atoms with van der Waals surface area (Å²) in [4.78, 5) is 25.9. The Morgan fingerprint density at radius 2 is 2.04 bits per heavy atom. The van der Waals surface area contributed by atoms with E-state index in [9.17, 15) is 18.0 Å². The van der Waals surface area contributed by atoms with Crippen LogP contribution < -0.4 is 9.47 Å². The smallest absolute Gasteiger partial charge is 0.338 e. The quantitative estimate of drug-likeness (QED) is 0.701. The van der Waals surface area contributed by atoms with Crippen molar-refractivity contribution in [3.8, 4) is 11.5 Å². The Balaban J connectivity index is 1.58. The van der Waals surface area contributed by atoms with Gasteiger partial charge in [0.1, 0.15) is 0 Å². The van der Waals surface area contributed by atoms with E-state index in [1.807, 2.05) is 0 Å². The van der Waals surface area contributed by atoms with Crippen LogP contribution >= 0.6 is 0 Å². The fourth-order valence-corrected chi connectivity index (χ4v) is 4.71. The molecule has 0 bridgehead atoms. The lowest BCUT2D eigenvalue weighted by Crippen LogP contribution is -2.43. The maximum absolute atomic E-state index is 12.3. The number of sulfone groups is 1. The van der Waals surface area contributed by atoms with Crippen LogP contribution in [0.3, 0.4) is 0 Å². The molecule has 0 aromatic heterocycles. The van der Waals surface area contributed by atoms with E-state index in [-0.39, 0.29) is 29.9 Å². The summed E-state index contributed by atoms with van der Waals surface area (Å²) in [7, 11) is -3.09. The van der Waals surface area contributed by atoms with Gasteiger partial charge in [-0.15, -0.1) is 0 Å². The molecule has 2 aliphatic rings. The summed E-state index contributed by atoms with van der Waals surface area (Å²) in [6.45, 7) is 1.79. The highest BCUT2D eigenvalue weighted by molar-refractivity contribution is 7.91.